The first-order valence-electron chi connectivity index (χ1n) is 7.80. The first-order valence-corrected chi connectivity index (χ1v) is 7.80. The smallest absolute Gasteiger partial charge is 0.253 e. The van der Waals surface area contributed by atoms with Gasteiger partial charge in [-0.05, 0) is 37.1 Å². The minimum absolute atomic E-state index is 0.0180. The number of aromatic nitrogens is 1. The van der Waals surface area contributed by atoms with Gasteiger partial charge < -0.3 is 10.2 Å². The fourth-order valence-corrected chi connectivity index (χ4v) is 2.77. The zero-order valence-corrected chi connectivity index (χ0v) is 12.8. The highest BCUT2D eigenvalue weighted by Gasteiger charge is 2.27. The summed E-state index contributed by atoms with van der Waals surface area (Å²) in [7, 11) is 0. The maximum Gasteiger partial charge on any atom is 0.253 e. The lowest BCUT2D eigenvalue weighted by Gasteiger charge is -2.31. The van der Waals surface area contributed by atoms with Crippen molar-refractivity contribution in [2.24, 2.45) is 5.92 Å². The van der Waals surface area contributed by atoms with Crippen molar-refractivity contribution >= 4 is 17.6 Å². The third-order valence-electron chi connectivity index (χ3n) is 4.09. The third kappa shape index (κ3) is 3.74. The second-order valence-electron chi connectivity index (χ2n) is 5.64. The Morgan fingerprint density at radius 1 is 1.00 bits per heavy atom. The van der Waals surface area contributed by atoms with Crippen molar-refractivity contribution in [2.45, 2.75) is 12.8 Å². The Labute approximate surface area is 135 Å². The van der Waals surface area contributed by atoms with Gasteiger partial charge in [-0.3, -0.25) is 9.59 Å². The Bertz CT molecular complexity index is 665. The van der Waals surface area contributed by atoms with Crippen molar-refractivity contribution in [1.82, 2.24) is 9.88 Å². The molecule has 5 nitrogen and oxygen atoms in total. The molecule has 1 aliphatic rings. The van der Waals surface area contributed by atoms with Crippen molar-refractivity contribution in [3.63, 3.8) is 0 Å². The molecule has 2 heterocycles. The molecule has 0 atom stereocenters. The van der Waals surface area contributed by atoms with Crippen LogP contribution in [0.4, 0.5) is 5.82 Å². The number of pyridine rings is 1. The van der Waals surface area contributed by atoms with Gasteiger partial charge in [0.05, 0.1) is 0 Å². The third-order valence-corrected chi connectivity index (χ3v) is 4.09. The average Bonchev–Trinajstić information content (AvgIpc) is 2.63. The number of nitrogens with one attached hydrogen (secondary N) is 1. The van der Waals surface area contributed by atoms with E-state index in [1.807, 2.05) is 47.4 Å². The quantitative estimate of drug-likeness (QED) is 0.948. The van der Waals surface area contributed by atoms with Crippen molar-refractivity contribution < 1.29 is 9.59 Å². The van der Waals surface area contributed by atoms with Crippen molar-refractivity contribution in [1.29, 1.82) is 0 Å². The summed E-state index contributed by atoms with van der Waals surface area (Å²) in [5.41, 5.74) is 0.698. The lowest BCUT2D eigenvalue weighted by atomic mass is 9.95. The summed E-state index contributed by atoms with van der Waals surface area (Å²) >= 11 is 0. The first-order chi connectivity index (χ1) is 11.2. The fourth-order valence-electron chi connectivity index (χ4n) is 2.77. The molecule has 2 amide bonds. The predicted molar refractivity (Wildman–Crippen MR) is 87.9 cm³/mol. The molecule has 3 rings (SSSR count). The van der Waals surface area contributed by atoms with Gasteiger partial charge in [0.15, 0.2) is 0 Å². The zero-order valence-electron chi connectivity index (χ0n) is 12.8. The second-order valence-corrected chi connectivity index (χ2v) is 5.64. The lowest BCUT2D eigenvalue weighted by molar-refractivity contribution is -0.121. The minimum Gasteiger partial charge on any atom is -0.339 e. The molecule has 1 fully saturated rings. The second kappa shape index (κ2) is 7.05. The SMILES string of the molecule is O=C(Nc1ccccn1)C1CCN(C(=O)c2ccccc2)CC1. The number of hydrogen-bond donors (Lipinski definition) is 1. The first kappa shape index (κ1) is 15.2. The molecular formula is C18H19N3O2. The molecule has 23 heavy (non-hydrogen) atoms. The summed E-state index contributed by atoms with van der Waals surface area (Å²) in [6.45, 7) is 1.21. The highest BCUT2D eigenvalue weighted by atomic mass is 16.2. The summed E-state index contributed by atoms with van der Waals surface area (Å²) in [5, 5.41) is 2.83. The molecule has 118 valence electrons. The van der Waals surface area contributed by atoms with E-state index in [0.717, 1.165) is 0 Å². The molecule has 0 aliphatic carbocycles. The van der Waals surface area contributed by atoms with Gasteiger partial charge in [0.2, 0.25) is 5.91 Å². The van der Waals surface area contributed by atoms with Crippen LogP contribution in [0.2, 0.25) is 0 Å². The van der Waals surface area contributed by atoms with Crippen LogP contribution in [0.25, 0.3) is 0 Å². The van der Waals surface area contributed by atoms with Crippen LogP contribution in [0, 0.1) is 5.92 Å². The Hall–Kier alpha value is -2.69. The molecular weight excluding hydrogens is 290 g/mol. The minimum atomic E-state index is -0.0724. The molecule has 0 radical (unpaired) electrons. The molecule has 5 heteroatoms. The van der Waals surface area contributed by atoms with E-state index in [0.29, 0.717) is 37.3 Å². The van der Waals surface area contributed by atoms with Crippen LogP contribution in [0.5, 0.6) is 0 Å². The standard InChI is InChI=1S/C18H19N3O2/c22-17(20-16-8-4-5-11-19-16)14-9-12-21(13-10-14)18(23)15-6-2-1-3-7-15/h1-8,11,14H,9-10,12-13H2,(H,19,20,22). The molecule has 1 aromatic heterocycles. The number of benzene rings is 1. The maximum absolute atomic E-state index is 12.4. The van der Waals surface area contributed by atoms with Gasteiger partial charge in [-0.15, -0.1) is 0 Å². The predicted octanol–water partition coefficient (Wildman–Crippen LogP) is 2.57. The Kier molecular flexibility index (Phi) is 4.66. The van der Waals surface area contributed by atoms with E-state index in [-0.39, 0.29) is 17.7 Å². The zero-order chi connectivity index (χ0) is 16.1. The van der Waals surface area contributed by atoms with E-state index in [1.54, 1.807) is 12.3 Å². The largest absolute Gasteiger partial charge is 0.339 e. The van der Waals surface area contributed by atoms with Crippen molar-refractivity contribution in [3.05, 3.63) is 60.3 Å². The Morgan fingerprint density at radius 2 is 1.70 bits per heavy atom. The van der Waals surface area contributed by atoms with Crippen LogP contribution in [-0.2, 0) is 4.79 Å². The normalized spacial score (nSPS) is 15.2. The summed E-state index contributed by atoms with van der Waals surface area (Å²) in [6.07, 6.45) is 3.01. The molecule has 1 N–H and O–H groups in total. The van der Waals surface area contributed by atoms with Gasteiger partial charge in [0.1, 0.15) is 5.82 Å². The summed E-state index contributed by atoms with van der Waals surface area (Å²) in [6, 6.07) is 14.7. The monoisotopic (exact) mass is 309 g/mol. The Balaban J connectivity index is 1.54. The molecule has 0 spiro atoms. The summed E-state index contributed by atoms with van der Waals surface area (Å²) in [4.78, 5) is 30.6. The van der Waals surface area contributed by atoms with E-state index < -0.39 is 0 Å². The highest BCUT2D eigenvalue weighted by Crippen LogP contribution is 2.20. The highest BCUT2D eigenvalue weighted by molar-refractivity contribution is 5.95. The number of piperidine rings is 1. The molecule has 0 bridgehead atoms. The average molecular weight is 309 g/mol. The molecule has 0 unspecified atom stereocenters. The van der Waals surface area contributed by atoms with Crippen LogP contribution in [-0.4, -0.2) is 34.8 Å². The van der Waals surface area contributed by atoms with Gasteiger partial charge in [-0.1, -0.05) is 24.3 Å². The summed E-state index contributed by atoms with van der Waals surface area (Å²) in [5.74, 6) is 0.516. The van der Waals surface area contributed by atoms with E-state index in [4.69, 9.17) is 0 Å². The van der Waals surface area contributed by atoms with E-state index in [2.05, 4.69) is 10.3 Å². The number of rotatable bonds is 3. The molecule has 1 saturated heterocycles. The maximum atomic E-state index is 12.4. The number of carbonyl (C=O) groups is 2. The Morgan fingerprint density at radius 3 is 2.35 bits per heavy atom. The van der Waals surface area contributed by atoms with Crippen molar-refractivity contribution in [3.8, 4) is 0 Å². The molecule has 2 aromatic rings. The number of hydrogen-bond acceptors (Lipinski definition) is 3. The van der Waals surface area contributed by atoms with Gasteiger partial charge in [0.25, 0.3) is 5.91 Å². The molecule has 1 aliphatic heterocycles. The van der Waals surface area contributed by atoms with E-state index >= 15 is 0 Å². The molecule has 0 saturated carbocycles. The number of amides is 2. The number of carbonyl (C=O) groups excluding carboxylic acids is 2. The van der Waals surface area contributed by atoms with Gasteiger partial charge in [-0.25, -0.2) is 4.98 Å². The number of anilines is 1. The van der Waals surface area contributed by atoms with Gasteiger partial charge >= 0.3 is 0 Å². The van der Waals surface area contributed by atoms with Crippen LogP contribution in [0.15, 0.2) is 54.7 Å². The fraction of sp³-hybridized carbons (Fsp3) is 0.278. The van der Waals surface area contributed by atoms with E-state index in [9.17, 15) is 9.59 Å². The van der Waals surface area contributed by atoms with Crippen LogP contribution in [0.3, 0.4) is 0 Å². The van der Waals surface area contributed by atoms with E-state index in [1.165, 1.54) is 0 Å². The summed E-state index contributed by atoms with van der Waals surface area (Å²) < 4.78 is 0. The van der Waals surface area contributed by atoms with Gasteiger partial charge in [0, 0.05) is 30.8 Å². The van der Waals surface area contributed by atoms with Crippen LogP contribution >= 0.6 is 0 Å². The number of nitrogens with zero attached hydrogens (tertiary/aromatic N) is 2. The van der Waals surface area contributed by atoms with Crippen LogP contribution in [0.1, 0.15) is 23.2 Å². The molecule has 1 aromatic carbocycles. The topological polar surface area (TPSA) is 62.3 Å². The van der Waals surface area contributed by atoms with Crippen LogP contribution < -0.4 is 5.32 Å². The van der Waals surface area contributed by atoms with Gasteiger partial charge in [-0.2, -0.15) is 0 Å². The number of likely N-dealkylation sites (tertiary alicyclic amines) is 1. The van der Waals surface area contributed by atoms with Crippen molar-refractivity contribution in [2.75, 3.05) is 18.4 Å². The lowest BCUT2D eigenvalue weighted by Crippen LogP contribution is -2.41.